The topological polar surface area (TPSA) is 54.9 Å². The third-order valence-corrected chi connectivity index (χ3v) is 4.30. The van der Waals surface area contributed by atoms with Gasteiger partial charge in [0.1, 0.15) is 12.6 Å². The normalized spacial score (nSPS) is 21.2. The molecule has 2 unspecified atom stereocenters. The second-order valence-electron chi connectivity index (χ2n) is 6.08. The molecule has 0 aliphatic heterocycles. The van der Waals surface area contributed by atoms with Gasteiger partial charge in [-0.15, -0.1) is 0 Å². The molecule has 4 nitrogen and oxygen atoms in total. The van der Waals surface area contributed by atoms with E-state index in [0.717, 1.165) is 41.7 Å². The first-order chi connectivity index (χ1) is 11.3. The number of hydrogen-bond acceptors (Lipinski definition) is 4. The largest absolute Gasteiger partial charge is 0.309 e. The van der Waals surface area contributed by atoms with E-state index in [0.29, 0.717) is 0 Å². The Balaban J connectivity index is 0.000000753. The van der Waals surface area contributed by atoms with Crippen LogP contribution >= 0.6 is 0 Å². The Morgan fingerprint density at radius 3 is 2.96 bits per heavy atom. The number of nitrogens with one attached hydrogen (secondary N) is 1. The monoisotopic (exact) mass is 307 g/mol. The van der Waals surface area contributed by atoms with Gasteiger partial charge in [0.05, 0.1) is 5.52 Å². The zero-order chi connectivity index (χ0) is 16.2. The Hall–Kier alpha value is -2.33. The van der Waals surface area contributed by atoms with Crippen molar-refractivity contribution in [2.75, 3.05) is 6.54 Å². The van der Waals surface area contributed by atoms with Crippen molar-refractivity contribution in [3.8, 4) is 0 Å². The Bertz CT molecular complexity index is 766. The lowest BCUT2D eigenvalue weighted by molar-refractivity contribution is -0.0979. The summed E-state index contributed by atoms with van der Waals surface area (Å²) in [6.07, 6.45) is 10.3. The molecule has 1 fully saturated rings. The summed E-state index contributed by atoms with van der Waals surface area (Å²) in [5.41, 5.74) is 3.72. The summed E-state index contributed by atoms with van der Waals surface area (Å²) in [5, 5.41) is 4.63. The van der Waals surface area contributed by atoms with E-state index in [1.165, 1.54) is 17.6 Å². The number of rotatable bonds is 4. The standard InChI is InChI=1S/C18H19N3.CH2O/c1-12-20-11-16-5-3-14(7-18(16)21-12)10-19-9-13-2-4-15-8-17(15)6-13;1-2/h2-7,11,15,17,19H,8-10H2,1H3;1H2. The van der Waals surface area contributed by atoms with Gasteiger partial charge in [0.25, 0.3) is 0 Å². The highest BCUT2D eigenvalue weighted by Crippen LogP contribution is 2.44. The van der Waals surface area contributed by atoms with Crippen LogP contribution in [0, 0.1) is 18.8 Å². The summed E-state index contributed by atoms with van der Waals surface area (Å²) in [4.78, 5) is 16.7. The van der Waals surface area contributed by atoms with Gasteiger partial charge in [-0.2, -0.15) is 0 Å². The van der Waals surface area contributed by atoms with Crippen molar-refractivity contribution in [2.45, 2.75) is 19.9 Å². The van der Waals surface area contributed by atoms with Crippen LogP contribution in [-0.2, 0) is 11.3 Å². The average molecular weight is 307 g/mol. The molecule has 1 heterocycles. The third-order valence-electron chi connectivity index (χ3n) is 4.30. The molecule has 118 valence electrons. The Morgan fingerprint density at radius 1 is 1.26 bits per heavy atom. The van der Waals surface area contributed by atoms with E-state index in [4.69, 9.17) is 4.79 Å². The van der Waals surface area contributed by atoms with Crippen molar-refractivity contribution in [1.82, 2.24) is 15.3 Å². The van der Waals surface area contributed by atoms with Crippen LogP contribution in [0.4, 0.5) is 0 Å². The van der Waals surface area contributed by atoms with Gasteiger partial charge in [-0.3, -0.25) is 0 Å². The Morgan fingerprint density at radius 2 is 2.13 bits per heavy atom. The number of hydrogen-bond donors (Lipinski definition) is 1. The van der Waals surface area contributed by atoms with Crippen molar-refractivity contribution >= 4 is 17.7 Å². The lowest BCUT2D eigenvalue weighted by atomic mass is 10.1. The van der Waals surface area contributed by atoms with Gasteiger partial charge in [-0.25, -0.2) is 9.97 Å². The second kappa shape index (κ2) is 6.84. The molecule has 2 atom stereocenters. The predicted molar refractivity (Wildman–Crippen MR) is 91.9 cm³/mol. The minimum absolute atomic E-state index is 0.823. The molecule has 2 aliphatic rings. The maximum absolute atomic E-state index is 8.00. The van der Waals surface area contributed by atoms with E-state index in [1.807, 2.05) is 19.9 Å². The molecule has 23 heavy (non-hydrogen) atoms. The van der Waals surface area contributed by atoms with Gasteiger partial charge in [-0.05, 0) is 42.4 Å². The van der Waals surface area contributed by atoms with E-state index >= 15 is 0 Å². The molecule has 4 rings (SSSR count). The lowest BCUT2D eigenvalue weighted by Gasteiger charge is -2.09. The highest BCUT2D eigenvalue weighted by atomic mass is 16.1. The molecular weight excluding hydrogens is 286 g/mol. The van der Waals surface area contributed by atoms with E-state index in [2.05, 4.69) is 51.7 Å². The predicted octanol–water partition coefficient (Wildman–Crippen LogP) is 2.98. The number of allylic oxidation sites excluding steroid dienone is 2. The smallest absolute Gasteiger partial charge is 0.125 e. The number of carbonyl (C=O) groups excluding carboxylic acids is 1. The fourth-order valence-electron chi connectivity index (χ4n) is 2.97. The molecule has 0 saturated heterocycles. The lowest BCUT2D eigenvalue weighted by Crippen LogP contribution is -2.16. The third kappa shape index (κ3) is 3.71. The van der Waals surface area contributed by atoms with Crippen LogP contribution in [0.5, 0.6) is 0 Å². The Labute approximate surface area is 136 Å². The quantitative estimate of drug-likeness (QED) is 0.943. The van der Waals surface area contributed by atoms with Gasteiger partial charge in [-0.1, -0.05) is 30.4 Å². The number of fused-ring (bicyclic) bond motifs is 2. The summed E-state index contributed by atoms with van der Waals surface area (Å²) < 4.78 is 0. The summed E-state index contributed by atoms with van der Waals surface area (Å²) in [7, 11) is 0. The maximum atomic E-state index is 8.00. The number of nitrogens with zero attached hydrogens (tertiary/aromatic N) is 2. The summed E-state index contributed by atoms with van der Waals surface area (Å²) in [6, 6.07) is 6.40. The minimum atomic E-state index is 0.823. The van der Waals surface area contributed by atoms with Gasteiger partial charge in [0.2, 0.25) is 0 Å². The molecule has 0 spiro atoms. The zero-order valence-corrected chi connectivity index (χ0v) is 13.3. The molecule has 1 N–H and O–H groups in total. The first-order valence-electron chi connectivity index (χ1n) is 7.89. The highest BCUT2D eigenvalue weighted by molar-refractivity contribution is 5.78. The fraction of sp³-hybridized carbons (Fsp3) is 0.316. The highest BCUT2D eigenvalue weighted by Gasteiger charge is 2.34. The van der Waals surface area contributed by atoms with E-state index in [-0.39, 0.29) is 0 Å². The van der Waals surface area contributed by atoms with Crippen molar-refractivity contribution in [3.63, 3.8) is 0 Å². The molecule has 0 amide bonds. The Kier molecular flexibility index (Phi) is 4.63. The first-order valence-corrected chi connectivity index (χ1v) is 7.89. The second-order valence-corrected chi connectivity index (χ2v) is 6.08. The van der Waals surface area contributed by atoms with Crippen molar-refractivity contribution in [2.24, 2.45) is 11.8 Å². The van der Waals surface area contributed by atoms with Crippen molar-refractivity contribution in [3.05, 3.63) is 59.6 Å². The molecule has 2 aliphatic carbocycles. The van der Waals surface area contributed by atoms with Crippen LogP contribution < -0.4 is 5.32 Å². The van der Waals surface area contributed by atoms with Crippen LogP contribution in [-0.4, -0.2) is 23.3 Å². The SMILES string of the molecule is C=O.Cc1ncc2ccc(CNCC3=CC4CC4C=C3)cc2n1. The number of carbonyl (C=O) groups is 1. The minimum Gasteiger partial charge on any atom is -0.309 e. The van der Waals surface area contributed by atoms with E-state index < -0.39 is 0 Å². The van der Waals surface area contributed by atoms with Gasteiger partial charge < -0.3 is 10.1 Å². The zero-order valence-electron chi connectivity index (χ0n) is 13.3. The number of aromatic nitrogens is 2. The molecule has 4 heteroatoms. The molecule has 1 aromatic carbocycles. The first kappa shape index (κ1) is 15.6. The average Bonchev–Trinajstić information content (AvgIpc) is 3.35. The van der Waals surface area contributed by atoms with Crippen LogP contribution in [0.2, 0.25) is 0 Å². The molecule has 1 saturated carbocycles. The summed E-state index contributed by atoms with van der Waals surface area (Å²) in [6.45, 7) is 5.75. The van der Waals surface area contributed by atoms with Crippen molar-refractivity contribution < 1.29 is 4.79 Å². The molecule has 0 bridgehead atoms. The van der Waals surface area contributed by atoms with Crippen LogP contribution in [0.15, 0.2) is 48.2 Å². The van der Waals surface area contributed by atoms with Crippen LogP contribution in [0.25, 0.3) is 10.9 Å². The fourth-order valence-corrected chi connectivity index (χ4v) is 2.97. The van der Waals surface area contributed by atoms with Gasteiger partial charge >= 0.3 is 0 Å². The molecule has 1 aromatic heterocycles. The molecule has 2 aromatic rings. The number of benzene rings is 1. The van der Waals surface area contributed by atoms with E-state index in [1.54, 1.807) is 0 Å². The van der Waals surface area contributed by atoms with Crippen molar-refractivity contribution in [1.29, 1.82) is 0 Å². The summed E-state index contributed by atoms with van der Waals surface area (Å²) >= 11 is 0. The molecule has 0 radical (unpaired) electrons. The van der Waals surface area contributed by atoms with Crippen LogP contribution in [0.3, 0.4) is 0 Å². The van der Waals surface area contributed by atoms with Gasteiger partial charge in [0, 0.05) is 24.7 Å². The maximum Gasteiger partial charge on any atom is 0.125 e. The summed E-state index contributed by atoms with van der Waals surface area (Å²) in [5.74, 6) is 2.49. The molecular formula is C19H21N3O. The van der Waals surface area contributed by atoms with Crippen LogP contribution in [0.1, 0.15) is 17.8 Å². The van der Waals surface area contributed by atoms with E-state index in [9.17, 15) is 0 Å². The number of aryl methyl sites for hydroxylation is 1. The van der Waals surface area contributed by atoms with Gasteiger partial charge in [0.15, 0.2) is 0 Å².